The van der Waals surface area contributed by atoms with Crippen molar-refractivity contribution in [2.45, 2.75) is 31.7 Å². The third-order valence-electron chi connectivity index (χ3n) is 3.53. The van der Waals surface area contributed by atoms with Gasteiger partial charge in [0.25, 0.3) is 0 Å². The van der Waals surface area contributed by atoms with Crippen LogP contribution < -0.4 is 4.72 Å². The SMILES string of the molecule is Cc1cc(C(=O)COC(=O)[C@H](C)NS(=O)(=O)c2ccccc2)c(C)[nH]1. The van der Waals surface area contributed by atoms with Crippen molar-refractivity contribution < 1.29 is 22.7 Å². The predicted octanol–water partition coefficient (Wildman–Crippen LogP) is 1.72. The van der Waals surface area contributed by atoms with Gasteiger partial charge in [0.15, 0.2) is 6.61 Å². The van der Waals surface area contributed by atoms with Gasteiger partial charge in [0.2, 0.25) is 15.8 Å². The van der Waals surface area contributed by atoms with Crippen molar-refractivity contribution in [1.82, 2.24) is 9.71 Å². The van der Waals surface area contributed by atoms with Crippen LogP contribution in [0.15, 0.2) is 41.3 Å². The Morgan fingerprint density at radius 3 is 2.40 bits per heavy atom. The minimum absolute atomic E-state index is 0.0455. The Labute approximate surface area is 146 Å². The molecular formula is C17H20N2O5S. The first-order chi connectivity index (χ1) is 11.7. The summed E-state index contributed by atoms with van der Waals surface area (Å²) in [6.07, 6.45) is 0. The van der Waals surface area contributed by atoms with Crippen LogP contribution in [0.5, 0.6) is 0 Å². The molecule has 0 bridgehead atoms. The van der Waals surface area contributed by atoms with E-state index in [0.29, 0.717) is 11.3 Å². The number of Topliss-reactive ketones (excluding diaryl/α,β-unsaturated/α-hetero) is 1. The van der Waals surface area contributed by atoms with Crippen LogP contribution in [-0.2, 0) is 19.6 Å². The Morgan fingerprint density at radius 2 is 1.84 bits per heavy atom. The first-order valence-corrected chi connectivity index (χ1v) is 9.12. The fraction of sp³-hybridized carbons (Fsp3) is 0.294. The maximum absolute atomic E-state index is 12.2. The third kappa shape index (κ3) is 4.77. The molecule has 0 spiro atoms. The number of aromatic nitrogens is 1. The molecule has 0 aliphatic carbocycles. The van der Waals surface area contributed by atoms with Gasteiger partial charge in [-0.3, -0.25) is 9.59 Å². The van der Waals surface area contributed by atoms with E-state index in [4.69, 9.17) is 4.74 Å². The molecule has 0 saturated heterocycles. The monoisotopic (exact) mass is 364 g/mol. The molecule has 0 fully saturated rings. The average molecular weight is 364 g/mol. The Bertz CT molecular complexity index is 872. The van der Waals surface area contributed by atoms with E-state index in [1.54, 1.807) is 31.2 Å². The Hall–Kier alpha value is -2.45. The van der Waals surface area contributed by atoms with E-state index in [-0.39, 0.29) is 10.7 Å². The van der Waals surface area contributed by atoms with Gasteiger partial charge in [0.1, 0.15) is 6.04 Å². The summed E-state index contributed by atoms with van der Waals surface area (Å²) in [4.78, 5) is 27.1. The number of ether oxygens (including phenoxy) is 1. The van der Waals surface area contributed by atoms with Gasteiger partial charge < -0.3 is 9.72 Å². The highest BCUT2D eigenvalue weighted by Crippen LogP contribution is 2.11. The third-order valence-corrected chi connectivity index (χ3v) is 5.09. The number of rotatable bonds is 7. The summed E-state index contributed by atoms with van der Waals surface area (Å²) >= 11 is 0. The van der Waals surface area contributed by atoms with Crippen LogP contribution in [0.1, 0.15) is 28.7 Å². The Morgan fingerprint density at radius 1 is 1.20 bits per heavy atom. The summed E-state index contributed by atoms with van der Waals surface area (Å²) in [7, 11) is -3.84. The lowest BCUT2D eigenvalue weighted by molar-refractivity contribution is -0.144. The van der Waals surface area contributed by atoms with Crippen molar-refractivity contribution >= 4 is 21.8 Å². The molecule has 0 saturated carbocycles. The Kier molecular flexibility index (Phi) is 5.76. The normalized spacial score (nSPS) is 12.6. The van der Waals surface area contributed by atoms with Crippen molar-refractivity contribution in [1.29, 1.82) is 0 Å². The number of hydrogen-bond acceptors (Lipinski definition) is 5. The molecule has 1 aromatic heterocycles. The number of aromatic amines is 1. The summed E-state index contributed by atoms with van der Waals surface area (Å²) in [6, 6.07) is 8.24. The summed E-state index contributed by atoms with van der Waals surface area (Å²) < 4.78 is 31.5. The van der Waals surface area contributed by atoms with Crippen molar-refractivity contribution in [2.75, 3.05) is 6.61 Å². The number of sulfonamides is 1. The van der Waals surface area contributed by atoms with Crippen molar-refractivity contribution in [2.24, 2.45) is 0 Å². The number of hydrogen-bond donors (Lipinski definition) is 2. The minimum Gasteiger partial charge on any atom is -0.456 e. The lowest BCUT2D eigenvalue weighted by Gasteiger charge is -2.13. The molecule has 1 aromatic carbocycles. The molecule has 0 unspecified atom stereocenters. The highest BCUT2D eigenvalue weighted by atomic mass is 32.2. The fourth-order valence-corrected chi connectivity index (χ4v) is 3.51. The van der Waals surface area contributed by atoms with E-state index in [0.717, 1.165) is 5.69 Å². The second-order valence-corrected chi connectivity index (χ2v) is 7.39. The Balaban J connectivity index is 1.94. The lowest BCUT2D eigenvalue weighted by Crippen LogP contribution is -2.40. The van der Waals surface area contributed by atoms with Gasteiger partial charge >= 0.3 is 5.97 Å². The maximum Gasteiger partial charge on any atom is 0.324 e. The van der Waals surface area contributed by atoms with Crippen LogP contribution in [0.25, 0.3) is 0 Å². The number of H-pyrrole nitrogens is 1. The number of carbonyl (C=O) groups is 2. The van der Waals surface area contributed by atoms with Gasteiger partial charge in [-0.25, -0.2) is 8.42 Å². The molecule has 0 radical (unpaired) electrons. The second-order valence-electron chi connectivity index (χ2n) is 5.68. The fourth-order valence-electron chi connectivity index (χ4n) is 2.30. The summed E-state index contributed by atoms with van der Waals surface area (Å²) in [5.74, 6) is -1.17. The van der Waals surface area contributed by atoms with Gasteiger partial charge in [-0.05, 0) is 39.0 Å². The van der Waals surface area contributed by atoms with Crippen LogP contribution in [0.2, 0.25) is 0 Å². The highest BCUT2D eigenvalue weighted by molar-refractivity contribution is 7.89. The zero-order chi connectivity index (χ0) is 18.6. The summed E-state index contributed by atoms with van der Waals surface area (Å²) in [6.45, 7) is 4.47. The zero-order valence-electron chi connectivity index (χ0n) is 14.2. The molecule has 2 N–H and O–H groups in total. The maximum atomic E-state index is 12.2. The van der Waals surface area contributed by atoms with Crippen LogP contribution in [0.4, 0.5) is 0 Å². The van der Waals surface area contributed by atoms with Gasteiger partial charge in [-0.15, -0.1) is 0 Å². The van der Waals surface area contributed by atoms with E-state index in [1.165, 1.54) is 19.1 Å². The number of esters is 1. The molecule has 25 heavy (non-hydrogen) atoms. The quantitative estimate of drug-likeness (QED) is 0.575. The van der Waals surface area contributed by atoms with Gasteiger partial charge in [0.05, 0.1) is 4.90 Å². The topological polar surface area (TPSA) is 105 Å². The van der Waals surface area contributed by atoms with E-state index in [9.17, 15) is 18.0 Å². The van der Waals surface area contributed by atoms with Crippen molar-refractivity contribution in [3.8, 4) is 0 Å². The first-order valence-electron chi connectivity index (χ1n) is 7.64. The number of ketones is 1. The minimum atomic E-state index is -3.84. The molecule has 8 heteroatoms. The van der Waals surface area contributed by atoms with Crippen LogP contribution in [0, 0.1) is 13.8 Å². The number of aryl methyl sites for hydroxylation is 2. The molecular weight excluding hydrogens is 344 g/mol. The molecule has 0 aliphatic heterocycles. The van der Waals surface area contributed by atoms with E-state index < -0.39 is 28.6 Å². The van der Waals surface area contributed by atoms with Gasteiger partial charge in [-0.2, -0.15) is 4.72 Å². The molecule has 134 valence electrons. The van der Waals surface area contributed by atoms with Crippen LogP contribution >= 0.6 is 0 Å². The van der Waals surface area contributed by atoms with Gasteiger partial charge in [-0.1, -0.05) is 18.2 Å². The number of carbonyl (C=O) groups excluding carboxylic acids is 2. The van der Waals surface area contributed by atoms with E-state index >= 15 is 0 Å². The molecule has 2 aromatic rings. The van der Waals surface area contributed by atoms with E-state index in [2.05, 4.69) is 9.71 Å². The largest absolute Gasteiger partial charge is 0.456 e. The molecule has 2 rings (SSSR count). The highest BCUT2D eigenvalue weighted by Gasteiger charge is 2.24. The van der Waals surface area contributed by atoms with Crippen molar-refractivity contribution in [3.63, 3.8) is 0 Å². The average Bonchev–Trinajstić information content (AvgIpc) is 2.91. The summed E-state index contributed by atoms with van der Waals surface area (Å²) in [5, 5.41) is 0. The first kappa shape index (κ1) is 18.9. The van der Waals surface area contributed by atoms with Crippen LogP contribution in [0.3, 0.4) is 0 Å². The van der Waals surface area contributed by atoms with Crippen LogP contribution in [-0.4, -0.2) is 37.8 Å². The smallest absolute Gasteiger partial charge is 0.324 e. The standard InChI is InChI=1S/C17H20N2O5S/c1-11-9-15(12(2)18-11)16(20)10-24-17(21)13(3)19-25(22,23)14-7-5-4-6-8-14/h4-9,13,18-19H,10H2,1-3H3/t13-/m0/s1. The second kappa shape index (κ2) is 7.62. The summed E-state index contributed by atoms with van der Waals surface area (Å²) in [5.41, 5.74) is 1.97. The number of nitrogens with one attached hydrogen (secondary N) is 2. The van der Waals surface area contributed by atoms with Gasteiger partial charge in [0, 0.05) is 17.0 Å². The predicted molar refractivity (Wildman–Crippen MR) is 91.8 cm³/mol. The molecule has 0 amide bonds. The van der Waals surface area contributed by atoms with Crippen molar-refractivity contribution in [3.05, 3.63) is 53.3 Å². The zero-order valence-corrected chi connectivity index (χ0v) is 15.0. The molecule has 7 nitrogen and oxygen atoms in total. The molecule has 1 heterocycles. The lowest BCUT2D eigenvalue weighted by atomic mass is 10.1. The molecule has 1 atom stereocenters. The molecule has 0 aliphatic rings. The number of benzene rings is 1. The van der Waals surface area contributed by atoms with E-state index in [1.807, 2.05) is 6.92 Å².